The third-order valence-electron chi connectivity index (χ3n) is 2.38. The lowest BCUT2D eigenvalue weighted by Gasteiger charge is -2.05. The first-order valence-corrected chi connectivity index (χ1v) is 6.04. The van der Waals surface area contributed by atoms with Gasteiger partial charge >= 0.3 is 0 Å². The summed E-state index contributed by atoms with van der Waals surface area (Å²) in [5.41, 5.74) is 0.356. The van der Waals surface area contributed by atoms with E-state index in [4.69, 9.17) is 5.26 Å². The maximum Gasteiger partial charge on any atom is 0.260 e. The molecule has 19 heavy (non-hydrogen) atoms. The van der Waals surface area contributed by atoms with Gasteiger partial charge in [-0.25, -0.2) is 0 Å². The molecule has 0 atom stereocenters. The number of hydrogen-bond acceptors (Lipinski definition) is 4. The number of hydrogen-bond donors (Lipinski definition) is 2. The number of nitriles is 1. The van der Waals surface area contributed by atoms with Gasteiger partial charge in [-0.15, -0.1) is 0 Å². The third kappa shape index (κ3) is 2.74. The fourth-order valence-electron chi connectivity index (χ4n) is 1.53. The van der Waals surface area contributed by atoms with Crippen molar-refractivity contribution in [1.82, 2.24) is 9.78 Å². The summed E-state index contributed by atoms with van der Waals surface area (Å²) in [5.74, 6) is -0.515. The minimum Gasteiger partial charge on any atom is -0.507 e. The lowest BCUT2D eigenvalue weighted by atomic mass is 10.2. The number of anilines is 1. The second-order valence-corrected chi connectivity index (χ2v) is 4.71. The lowest BCUT2D eigenvalue weighted by Crippen LogP contribution is -2.13. The normalized spacial score (nSPS) is 9.95. The van der Waals surface area contributed by atoms with Crippen LogP contribution in [-0.4, -0.2) is 20.8 Å². The number of aromatic hydroxyl groups is 1. The summed E-state index contributed by atoms with van der Waals surface area (Å²) < 4.78 is 2.09. The smallest absolute Gasteiger partial charge is 0.260 e. The van der Waals surface area contributed by atoms with Crippen LogP contribution >= 0.6 is 15.9 Å². The van der Waals surface area contributed by atoms with E-state index in [0.29, 0.717) is 4.47 Å². The first kappa shape index (κ1) is 13.1. The summed E-state index contributed by atoms with van der Waals surface area (Å²) in [6, 6.07) is 6.44. The molecule has 0 saturated carbocycles. The van der Waals surface area contributed by atoms with Gasteiger partial charge in [-0.05, 0) is 18.2 Å². The van der Waals surface area contributed by atoms with Gasteiger partial charge in [0.2, 0.25) is 0 Å². The van der Waals surface area contributed by atoms with Crippen LogP contribution in [0.4, 0.5) is 5.82 Å². The number of nitrogens with one attached hydrogen (secondary N) is 1. The van der Waals surface area contributed by atoms with Crippen LogP contribution in [0.25, 0.3) is 0 Å². The van der Waals surface area contributed by atoms with E-state index in [1.165, 1.54) is 23.0 Å². The van der Waals surface area contributed by atoms with Gasteiger partial charge in [-0.3, -0.25) is 9.48 Å². The second kappa shape index (κ2) is 5.12. The van der Waals surface area contributed by atoms with Crippen molar-refractivity contribution in [3.05, 3.63) is 40.0 Å². The number of carbonyl (C=O) groups excluding carboxylic acids is 1. The molecular weight excluding hydrogens is 312 g/mol. The Balaban J connectivity index is 2.31. The van der Waals surface area contributed by atoms with Crippen molar-refractivity contribution in [2.75, 3.05) is 5.32 Å². The molecule has 1 amide bonds. The number of amides is 1. The second-order valence-electron chi connectivity index (χ2n) is 3.79. The largest absolute Gasteiger partial charge is 0.507 e. The minimum atomic E-state index is -0.533. The topological polar surface area (TPSA) is 90.9 Å². The van der Waals surface area contributed by atoms with Crippen LogP contribution in [0, 0.1) is 11.3 Å². The molecule has 0 radical (unpaired) electrons. The highest BCUT2D eigenvalue weighted by atomic mass is 79.9. The average Bonchev–Trinajstić information content (AvgIpc) is 2.72. The van der Waals surface area contributed by atoms with Crippen molar-refractivity contribution in [1.29, 1.82) is 5.26 Å². The Labute approximate surface area is 117 Å². The molecule has 1 heterocycles. The Morgan fingerprint density at radius 1 is 1.58 bits per heavy atom. The van der Waals surface area contributed by atoms with Crippen molar-refractivity contribution in [3.8, 4) is 11.8 Å². The Kier molecular flexibility index (Phi) is 3.53. The number of phenols is 1. The molecule has 2 aromatic rings. The van der Waals surface area contributed by atoms with E-state index in [1.807, 2.05) is 6.07 Å². The predicted molar refractivity (Wildman–Crippen MR) is 71.7 cm³/mol. The molecule has 0 aliphatic heterocycles. The van der Waals surface area contributed by atoms with Crippen molar-refractivity contribution >= 4 is 27.7 Å². The quantitative estimate of drug-likeness (QED) is 0.885. The highest BCUT2D eigenvalue weighted by Gasteiger charge is 2.15. The van der Waals surface area contributed by atoms with Gasteiger partial charge in [0.15, 0.2) is 5.82 Å². The van der Waals surface area contributed by atoms with E-state index in [2.05, 4.69) is 26.3 Å². The number of halogens is 1. The van der Waals surface area contributed by atoms with E-state index < -0.39 is 5.91 Å². The summed E-state index contributed by atoms with van der Waals surface area (Å²) in [7, 11) is 1.65. The number of nitrogens with zero attached hydrogens (tertiary/aromatic N) is 3. The Hall–Kier alpha value is -2.33. The van der Waals surface area contributed by atoms with Crippen molar-refractivity contribution in [3.63, 3.8) is 0 Å². The van der Waals surface area contributed by atoms with Gasteiger partial charge in [0, 0.05) is 17.7 Å². The van der Waals surface area contributed by atoms with Gasteiger partial charge in [0.1, 0.15) is 17.4 Å². The van der Waals surface area contributed by atoms with Gasteiger partial charge in [0.25, 0.3) is 5.91 Å². The van der Waals surface area contributed by atoms with E-state index in [1.54, 1.807) is 13.1 Å². The Bertz CT molecular complexity index is 688. The summed E-state index contributed by atoms with van der Waals surface area (Å²) in [6.07, 6.45) is 1.50. The zero-order valence-electron chi connectivity index (χ0n) is 9.88. The summed E-state index contributed by atoms with van der Waals surface area (Å²) in [6.45, 7) is 0. The zero-order chi connectivity index (χ0) is 14.0. The number of carbonyl (C=O) groups is 1. The SMILES string of the molecule is Cn1cc(C#N)c(NC(=O)c2cc(Br)ccc2O)n1. The predicted octanol–water partition coefficient (Wildman–Crippen LogP) is 2.01. The molecule has 0 unspecified atom stereocenters. The molecule has 96 valence electrons. The molecule has 6 nitrogen and oxygen atoms in total. The lowest BCUT2D eigenvalue weighted by molar-refractivity contribution is 0.102. The first-order valence-electron chi connectivity index (χ1n) is 5.25. The molecule has 1 aromatic heterocycles. The number of aromatic nitrogens is 2. The van der Waals surface area contributed by atoms with Crippen molar-refractivity contribution in [2.24, 2.45) is 7.05 Å². The van der Waals surface area contributed by atoms with Gasteiger partial charge in [0.05, 0.1) is 5.56 Å². The number of rotatable bonds is 2. The zero-order valence-corrected chi connectivity index (χ0v) is 11.5. The van der Waals surface area contributed by atoms with E-state index in [9.17, 15) is 9.90 Å². The summed E-state index contributed by atoms with van der Waals surface area (Å²) in [4.78, 5) is 12.0. The minimum absolute atomic E-state index is 0.101. The maximum atomic E-state index is 12.0. The first-order chi connectivity index (χ1) is 9.01. The molecule has 0 fully saturated rings. The van der Waals surface area contributed by atoms with Crippen LogP contribution < -0.4 is 5.32 Å². The van der Waals surface area contributed by atoms with Gasteiger partial charge < -0.3 is 10.4 Å². The van der Waals surface area contributed by atoms with Crippen LogP contribution in [0.5, 0.6) is 5.75 Å². The molecule has 0 aliphatic carbocycles. The molecule has 0 aliphatic rings. The standard InChI is InChI=1S/C12H9BrN4O2/c1-17-6-7(5-14)11(16-17)15-12(19)9-4-8(13)2-3-10(9)18/h2-4,6,18H,1H3,(H,15,16,19). The number of benzene rings is 1. The van der Waals surface area contributed by atoms with Crippen molar-refractivity contribution in [2.45, 2.75) is 0 Å². The molecule has 0 bridgehead atoms. The fraction of sp³-hybridized carbons (Fsp3) is 0.0833. The summed E-state index contributed by atoms with van der Waals surface area (Å²) >= 11 is 3.22. The number of aryl methyl sites for hydroxylation is 1. The molecule has 0 saturated heterocycles. The summed E-state index contributed by atoms with van der Waals surface area (Å²) in [5, 5.41) is 25.0. The third-order valence-corrected chi connectivity index (χ3v) is 2.88. The Morgan fingerprint density at radius 3 is 3.00 bits per heavy atom. The molecule has 2 rings (SSSR count). The molecule has 2 N–H and O–H groups in total. The van der Waals surface area contributed by atoms with Crippen LogP contribution in [-0.2, 0) is 7.05 Å². The van der Waals surface area contributed by atoms with E-state index >= 15 is 0 Å². The van der Waals surface area contributed by atoms with Crippen LogP contribution in [0.2, 0.25) is 0 Å². The molecular formula is C12H9BrN4O2. The number of phenolic OH excluding ortho intramolecular Hbond substituents is 1. The van der Waals surface area contributed by atoms with Crippen LogP contribution in [0.3, 0.4) is 0 Å². The van der Waals surface area contributed by atoms with Crippen LogP contribution in [0.1, 0.15) is 15.9 Å². The highest BCUT2D eigenvalue weighted by Crippen LogP contribution is 2.23. The maximum absolute atomic E-state index is 12.0. The average molecular weight is 321 g/mol. The molecule has 0 spiro atoms. The highest BCUT2D eigenvalue weighted by molar-refractivity contribution is 9.10. The molecule has 1 aromatic carbocycles. The monoisotopic (exact) mass is 320 g/mol. The molecule has 7 heteroatoms. The fourth-order valence-corrected chi connectivity index (χ4v) is 1.89. The van der Waals surface area contributed by atoms with Crippen molar-refractivity contribution < 1.29 is 9.90 Å². The Morgan fingerprint density at radius 2 is 2.32 bits per heavy atom. The van der Waals surface area contributed by atoms with E-state index in [-0.39, 0.29) is 22.7 Å². The van der Waals surface area contributed by atoms with E-state index in [0.717, 1.165) is 0 Å². The van der Waals surface area contributed by atoms with Gasteiger partial charge in [-0.1, -0.05) is 15.9 Å². The van der Waals surface area contributed by atoms with Crippen LogP contribution in [0.15, 0.2) is 28.9 Å². The van der Waals surface area contributed by atoms with Gasteiger partial charge in [-0.2, -0.15) is 10.4 Å².